The van der Waals surface area contributed by atoms with Crippen molar-refractivity contribution in [2.75, 3.05) is 6.54 Å². The van der Waals surface area contributed by atoms with Gasteiger partial charge in [0.15, 0.2) is 0 Å². The Hall–Kier alpha value is 0.0900. The lowest BCUT2D eigenvalue weighted by atomic mass is 9.81. The van der Waals surface area contributed by atoms with Gasteiger partial charge in [-0.3, -0.25) is 0 Å². The van der Waals surface area contributed by atoms with E-state index in [0.717, 1.165) is 18.8 Å². The third-order valence-corrected chi connectivity index (χ3v) is 8.03. The highest BCUT2D eigenvalue weighted by atomic mass is 79.9. The van der Waals surface area contributed by atoms with Crippen LogP contribution >= 0.6 is 27.3 Å². The molecule has 6 heteroatoms. The van der Waals surface area contributed by atoms with E-state index in [2.05, 4.69) is 27.6 Å². The van der Waals surface area contributed by atoms with Gasteiger partial charge < -0.3 is 0 Å². The first-order valence-electron chi connectivity index (χ1n) is 6.75. The quantitative estimate of drug-likeness (QED) is 0.856. The Balaban J connectivity index is 1.88. The number of nitrogens with one attached hydrogen (secondary N) is 1. The Morgan fingerprint density at radius 2 is 1.95 bits per heavy atom. The third kappa shape index (κ3) is 4.03. The van der Waals surface area contributed by atoms with Crippen LogP contribution in [0.3, 0.4) is 0 Å². The summed E-state index contributed by atoms with van der Waals surface area (Å²) in [4.78, 5) is 0. The van der Waals surface area contributed by atoms with E-state index in [9.17, 15) is 8.42 Å². The fourth-order valence-electron chi connectivity index (χ4n) is 2.61. The van der Waals surface area contributed by atoms with Gasteiger partial charge in [-0.2, -0.15) is 0 Å². The lowest BCUT2D eigenvalue weighted by Crippen LogP contribution is -2.31. The second kappa shape index (κ2) is 6.70. The van der Waals surface area contributed by atoms with E-state index in [1.807, 2.05) is 0 Å². The van der Waals surface area contributed by atoms with Gasteiger partial charge in [-0.1, -0.05) is 26.2 Å². The van der Waals surface area contributed by atoms with Crippen LogP contribution in [-0.2, 0) is 10.0 Å². The Bertz CT molecular complexity index is 504. The van der Waals surface area contributed by atoms with Gasteiger partial charge in [-0.25, -0.2) is 13.1 Å². The number of sulfonamides is 1. The van der Waals surface area contributed by atoms with Crippen LogP contribution in [0.5, 0.6) is 0 Å². The van der Waals surface area contributed by atoms with E-state index in [4.69, 9.17) is 0 Å². The zero-order valence-electron chi connectivity index (χ0n) is 11.1. The van der Waals surface area contributed by atoms with Crippen molar-refractivity contribution in [1.82, 2.24) is 4.72 Å². The van der Waals surface area contributed by atoms with Crippen molar-refractivity contribution in [2.24, 2.45) is 11.8 Å². The topological polar surface area (TPSA) is 46.2 Å². The summed E-state index contributed by atoms with van der Waals surface area (Å²) in [6, 6.07) is 1.77. The standard InChI is InChI=1S/C13H20BrNO2S2/c1-2-10-3-5-11(6-4-10)9-15-19(16,17)13-12(14)7-8-18-13/h7-8,10-11,15H,2-6,9H2,1H3. The van der Waals surface area contributed by atoms with Crippen LogP contribution in [0.15, 0.2) is 20.1 Å². The van der Waals surface area contributed by atoms with Gasteiger partial charge in [0.2, 0.25) is 0 Å². The molecule has 0 bridgehead atoms. The largest absolute Gasteiger partial charge is 0.251 e. The highest BCUT2D eigenvalue weighted by Crippen LogP contribution is 2.31. The molecule has 0 spiro atoms. The van der Waals surface area contributed by atoms with E-state index >= 15 is 0 Å². The molecule has 19 heavy (non-hydrogen) atoms. The molecule has 108 valence electrons. The van der Waals surface area contributed by atoms with Crippen LogP contribution in [0.1, 0.15) is 39.0 Å². The summed E-state index contributed by atoms with van der Waals surface area (Å²) < 4.78 is 28.1. The van der Waals surface area contributed by atoms with Gasteiger partial charge in [0.25, 0.3) is 10.0 Å². The van der Waals surface area contributed by atoms with Gasteiger partial charge in [0.1, 0.15) is 4.21 Å². The van der Waals surface area contributed by atoms with Crippen LogP contribution in [-0.4, -0.2) is 15.0 Å². The number of hydrogen-bond acceptors (Lipinski definition) is 3. The first-order chi connectivity index (χ1) is 9.03. The van der Waals surface area contributed by atoms with Crippen LogP contribution in [0.2, 0.25) is 0 Å². The number of rotatable bonds is 5. The van der Waals surface area contributed by atoms with E-state index in [1.165, 1.54) is 30.6 Å². The van der Waals surface area contributed by atoms with E-state index in [0.29, 0.717) is 21.1 Å². The second-order valence-electron chi connectivity index (χ2n) is 5.20. The molecule has 0 unspecified atom stereocenters. The number of halogens is 1. The molecule has 1 aliphatic rings. The molecular weight excluding hydrogens is 346 g/mol. The maximum Gasteiger partial charge on any atom is 0.251 e. The van der Waals surface area contributed by atoms with Gasteiger partial charge in [-0.15, -0.1) is 11.3 Å². The molecule has 0 saturated heterocycles. The SMILES string of the molecule is CCC1CCC(CNS(=O)(=O)c2sccc2Br)CC1. The molecule has 1 fully saturated rings. The second-order valence-corrected chi connectivity index (χ2v) is 8.94. The lowest BCUT2D eigenvalue weighted by Gasteiger charge is -2.27. The Morgan fingerprint density at radius 3 is 2.47 bits per heavy atom. The molecule has 3 nitrogen and oxygen atoms in total. The monoisotopic (exact) mass is 365 g/mol. The summed E-state index contributed by atoms with van der Waals surface area (Å²) >= 11 is 4.53. The minimum atomic E-state index is -3.34. The van der Waals surface area contributed by atoms with Crippen molar-refractivity contribution in [3.63, 3.8) is 0 Å². The van der Waals surface area contributed by atoms with E-state index < -0.39 is 10.0 Å². The van der Waals surface area contributed by atoms with Crippen LogP contribution < -0.4 is 4.72 Å². The normalized spacial score (nSPS) is 24.5. The van der Waals surface area contributed by atoms with E-state index in [1.54, 1.807) is 11.4 Å². The van der Waals surface area contributed by atoms with Crippen molar-refractivity contribution in [2.45, 2.75) is 43.2 Å². The Morgan fingerprint density at radius 1 is 1.32 bits per heavy atom. The molecule has 1 aromatic heterocycles. The smallest absolute Gasteiger partial charge is 0.210 e. The van der Waals surface area contributed by atoms with Crippen molar-refractivity contribution >= 4 is 37.3 Å². The molecule has 2 rings (SSSR count). The predicted octanol–water partition coefficient (Wildman–Crippen LogP) is 4.01. The van der Waals surface area contributed by atoms with Gasteiger partial charge in [0.05, 0.1) is 0 Å². The summed E-state index contributed by atoms with van der Waals surface area (Å²) in [5.74, 6) is 1.34. The van der Waals surface area contributed by atoms with Gasteiger partial charge in [-0.05, 0) is 52.1 Å². The van der Waals surface area contributed by atoms with Crippen LogP contribution in [0.25, 0.3) is 0 Å². The average molecular weight is 366 g/mol. The van der Waals surface area contributed by atoms with Crippen LogP contribution in [0.4, 0.5) is 0 Å². The summed E-state index contributed by atoms with van der Waals surface area (Å²) in [5, 5.41) is 1.78. The summed E-state index contributed by atoms with van der Waals surface area (Å²) in [7, 11) is -3.34. The molecule has 0 radical (unpaired) electrons. The fourth-order valence-corrected chi connectivity index (χ4v) is 6.10. The first kappa shape index (κ1) is 15.5. The Kier molecular flexibility index (Phi) is 5.45. The van der Waals surface area contributed by atoms with Crippen LogP contribution in [0, 0.1) is 11.8 Å². The minimum Gasteiger partial charge on any atom is -0.210 e. The maximum absolute atomic E-state index is 12.1. The molecule has 1 N–H and O–H groups in total. The highest BCUT2D eigenvalue weighted by Gasteiger charge is 2.24. The van der Waals surface area contributed by atoms with Gasteiger partial charge >= 0.3 is 0 Å². The van der Waals surface area contributed by atoms with Gasteiger partial charge in [0, 0.05) is 11.0 Å². The highest BCUT2D eigenvalue weighted by molar-refractivity contribution is 9.10. The number of hydrogen-bond donors (Lipinski definition) is 1. The fraction of sp³-hybridized carbons (Fsp3) is 0.692. The predicted molar refractivity (Wildman–Crippen MR) is 82.9 cm³/mol. The lowest BCUT2D eigenvalue weighted by molar-refractivity contribution is 0.270. The minimum absolute atomic E-state index is 0.384. The Labute approximate surface area is 128 Å². The zero-order valence-corrected chi connectivity index (χ0v) is 14.3. The summed E-state index contributed by atoms with van der Waals surface area (Å²) in [6.07, 6.45) is 6.02. The molecular formula is C13H20BrNO2S2. The molecule has 0 aromatic carbocycles. The van der Waals surface area contributed by atoms with E-state index in [-0.39, 0.29) is 0 Å². The van der Waals surface area contributed by atoms with Crippen molar-refractivity contribution < 1.29 is 8.42 Å². The first-order valence-corrected chi connectivity index (χ1v) is 9.91. The summed E-state index contributed by atoms with van der Waals surface area (Å²) in [6.45, 7) is 2.81. The van der Waals surface area contributed by atoms with Crippen molar-refractivity contribution in [3.8, 4) is 0 Å². The van der Waals surface area contributed by atoms with Crippen molar-refractivity contribution in [1.29, 1.82) is 0 Å². The molecule has 0 amide bonds. The van der Waals surface area contributed by atoms with Crippen molar-refractivity contribution in [3.05, 3.63) is 15.9 Å². The zero-order chi connectivity index (χ0) is 13.9. The summed E-state index contributed by atoms with van der Waals surface area (Å²) in [5.41, 5.74) is 0. The molecule has 1 heterocycles. The maximum atomic E-state index is 12.1. The molecule has 0 aliphatic heterocycles. The molecule has 1 aliphatic carbocycles. The molecule has 1 aromatic rings. The molecule has 1 saturated carbocycles. The number of thiophene rings is 1. The average Bonchev–Trinajstić information content (AvgIpc) is 2.84. The third-order valence-electron chi connectivity index (χ3n) is 3.93. The molecule has 0 atom stereocenters.